The number of anilines is 1. The van der Waals surface area contributed by atoms with E-state index in [1.165, 1.54) is 0 Å². The molecule has 11 nitrogen and oxygen atoms in total. The molecule has 3 heterocycles. The first-order valence-electron chi connectivity index (χ1n) is 5.99. The number of nitrogens with zero attached hydrogens (tertiary/aromatic N) is 3. The van der Waals surface area contributed by atoms with Crippen molar-refractivity contribution in [1.29, 1.82) is 0 Å². The van der Waals surface area contributed by atoms with Crippen LogP contribution in [0.3, 0.4) is 0 Å². The zero-order chi connectivity index (χ0) is 15.4. The highest BCUT2D eigenvalue weighted by Gasteiger charge is 2.55. The molecule has 0 aliphatic carbocycles. The molecule has 21 heavy (non-hydrogen) atoms. The molecule has 1 aliphatic rings. The van der Waals surface area contributed by atoms with Crippen LogP contribution < -0.4 is 11.3 Å². The molecule has 2 aromatic heterocycles. The first-order valence-corrected chi connectivity index (χ1v) is 5.99. The fourth-order valence-corrected chi connectivity index (χ4v) is 2.29. The minimum Gasteiger partial charge on any atom is -0.394 e. The number of imidazole rings is 1. The number of hydrogen-bond acceptors (Lipinski definition) is 9. The summed E-state index contributed by atoms with van der Waals surface area (Å²) in [4.78, 5) is 21.5. The molecule has 2 aromatic rings. The Balaban J connectivity index is 2.19. The third-order valence-electron chi connectivity index (χ3n) is 3.36. The molecule has 0 bridgehead atoms. The quantitative estimate of drug-likeness (QED) is 0.327. The first kappa shape index (κ1) is 13.9. The van der Waals surface area contributed by atoms with Gasteiger partial charge in [0.1, 0.15) is 18.5 Å². The number of ether oxygens (including phenoxy) is 1. The number of hydrogen-bond donors (Lipinski definition) is 6. The van der Waals surface area contributed by atoms with Gasteiger partial charge in [0, 0.05) is 0 Å². The first-order chi connectivity index (χ1) is 9.88. The normalized spacial score (nSPS) is 32.9. The third kappa shape index (κ3) is 1.83. The van der Waals surface area contributed by atoms with Crippen LogP contribution in [-0.4, -0.2) is 64.9 Å². The van der Waals surface area contributed by atoms with Crippen molar-refractivity contribution in [3.05, 3.63) is 16.7 Å². The molecule has 4 atom stereocenters. The Morgan fingerprint density at radius 1 is 1.52 bits per heavy atom. The third-order valence-corrected chi connectivity index (χ3v) is 3.36. The van der Waals surface area contributed by atoms with Crippen molar-refractivity contribution >= 4 is 17.1 Å². The molecule has 7 N–H and O–H groups in total. The van der Waals surface area contributed by atoms with Gasteiger partial charge in [-0.2, -0.15) is 4.98 Å². The molecule has 0 saturated carbocycles. The minimum atomic E-state index is -2.44. The van der Waals surface area contributed by atoms with E-state index in [1.54, 1.807) is 0 Å². The van der Waals surface area contributed by atoms with Crippen molar-refractivity contribution in [3.63, 3.8) is 0 Å². The number of nitrogens with two attached hydrogens (primary N) is 1. The summed E-state index contributed by atoms with van der Waals surface area (Å²) in [7, 11) is 0. The lowest BCUT2D eigenvalue weighted by Crippen LogP contribution is -2.45. The highest BCUT2D eigenvalue weighted by Crippen LogP contribution is 2.34. The zero-order valence-electron chi connectivity index (χ0n) is 10.5. The van der Waals surface area contributed by atoms with Crippen LogP contribution >= 0.6 is 0 Å². The maximum absolute atomic E-state index is 11.7. The lowest BCUT2D eigenvalue weighted by atomic mass is 10.1. The number of aliphatic hydroxyl groups is 4. The van der Waals surface area contributed by atoms with Gasteiger partial charge in [0.2, 0.25) is 5.95 Å². The summed E-state index contributed by atoms with van der Waals surface area (Å²) in [5, 5.41) is 39.2. The van der Waals surface area contributed by atoms with Crippen molar-refractivity contribution < 1.29 is 25.2 Å². The van der Waals surface area contributed by atoms with Gasteiger partial charge >= 0.3 is 0 Å². The lowest BCUT2D eigenvalue weighted by Gasteiger charge is -2.27. The fourth-order valence-electron chi connectivity index (χ4n) is 2.29. The molecule has 0 unspecified atom stereocenters. The summed E-state index contributed by atoms with van der Waals surface area (Å²) in [5.41, 5.74) is 4.53. The molecule has 1 saturated heterocycles. The van der Waals surface area contributed by atoms with Gasteiger partial charge in [-0.3, -0.25) is 14.3 Å². The molecule has 0 spiro atoms. The molecule has 3 rings (SSSR count). The molecular weight excluding hydrogens is 286 g/mol. The molecule has 1 aliphatic heterocycles. The molecule has 0 amide bonds. The monoisotopic (exact) mass is 299 g/mol. The molecule has 1 fully saturated rings. The molecular formula is C10H13N5O6. The number of aromatic nitrogens is 4. The van der Waals surface area contributed by atoms with Crippen LogP contribution in [-0.2, 0) is 10.6 Å². The van der Waals surface area contributed by atoms with Gasteiger partial charge in [-0.15, -0.1) is 0 Å². The van der Waals surface area contributed by atoms with Crippen LogP contribution in [0.25, 0.3) is 11.2 Å². The van der Waals surface area contributed by atoms with E-state index in [1.807, 2.05) is 0 Å². The van der Waals surface area contributed by atoms with Gasteiger partial charge in [0.15, 0.2) is 17.3 Å². The van der Waals surface area contributed by atoms with Crippen molar-refractivity contribution in [2.45, 2.75) is 24.2 Å². The van der Waals surface area contributed by atoms with E-state index in [0.717, 1.165) is 10.9 Å². The Kier molecular flexibility index (Phi) is 2.96. The predicted molar refractivity (Wildman–Crippen MR) is 66.7 cm³/mol. The maximum atomic E-state index is 11.7. The number of rotatable bonds is 2. The number of aromatic amines is 1. The summed E-state index contributed by atoms with van der Waals surface area (Å²) in [6.45, 7) is -0.622. The number of H-pyrrole nitrogens is 1. The number of nitrogen functional groups attached to an aromatic ring is 1. The Hall–Kier alpha value is -2.05. The van der Waals surface area contributed by atoms with Crippen LogP contribution in [0.1, 0.15) is 0 Å². The standard InChI is InChI=1S/C10H13N5O6/c11-9-13-7-4(8(19)14-9)12-2-15(7)10(20)6(18)5(17)3(1-16)21-10/h2-3,5-6,16-18,20H,1H2,(H3,11,13,14,19)/t3-,5-,6-,10-/m1/s1. The van der Waals surface area contributed by atoms with E-state index >= 15 is 0 Å². The second-order valence-electron chi connectivity index (χ2n) is 4.67. The second kappa shape index (κ2) is 4.47. The van der Waals surface area contributed by atoms with Crippen LogP contribution in [0.15, 0.2) is 11.1 Å². The number of aliphatic hydroxyl groups excluding tert-OH is 3. The van der Waals surface area contributed by atoms with Crippen LogP contribution in [0, 0.1) is 0 Å². The van der Waals surface area contributed by atoms with Crippen LogP contribution in [0.4, 0.5) is 5.95 Å². The highest BCUT2D eigenvalue weighted by atomic mass is 16.7. The van der Waals surface area contributed by atoms with Gasteiger partial charge < -0.3 is 30.9 Å². The van der Waals surface area contributed by atoms with E-state index in [2.05, 4.69) is 15.0 Å². The zero-order valence-corrected chi connectivity index (χ0v) is 10.5. The molecule has 11 heteroatoms. The van der Waals surface area contributed by atoms with Crippen LogP contribution in [0.2, 0.25) is 0 Å². The Morgan fingerprint density at radius 2 is 2.24 bits per heavy atom. The maximum Gasteiger partial charge on any atom is 0.286 e. The highest BCUT2D eigenvalue weighted by molar-refractivity contribution is 5.70. The van der Waals surface area contributed by atoms with Gasteiger partial charge in [0.25, 0.3) is 11.5 Å². The second-order valence-corrected chi connectivity index (χ2v) is 4.67. The summed E-state index contributed by atoms with van der Waals surface area (Å²) in [5.74, 6) is -2.65. The molecule has 114 valence electrons. The summed E-state index contributed by atoms with van der Waals surface area (Å²) in [6.07, 6.45) is -3.50. The van der Waals surface area contributed by atoms with Gasteiger partial charge in [0.05, 0.1) is 6.61 Å². The summed E-state index contributed by atoms with van der Waals surface area (Å²) in [6, 6.07) is 0. The average Bonchev–Trinajstić information content (AvgIpc) is 2.95. The molecule has 0 radical (unpaired) electrons. The smallest absolute Gasteiger partial charge is 0.286 e. The van der Waals surface area contributed by atoms with E-state index in [-0.39, 0.29) is 17.1 Å². The van der Waals surface area contributed by atoms with E-state index in [0.29, 0.717) is 0 Å². The summed E-state index contributed by atoms with van der Waals surface area (Å²) < 4.78 is 5.96. The van der Waals surface area contributed by atoms with E-state index < -0.39 is 36.4 Å². The average molecular weight is 299 g/mol. The van der Waals surface area contributed by atoms with Crippen molar-refractivity contribution in [3.8, 4) is 0 Å². The Morgan fingerprint density at radius 3 is 2.86 bits per heavy atom. The van der Waals surface area contributed by atoms with Crippen molar-refractivity contribution in [2.24, 2.45) is 0 Å². The lowest BCUT2D eigenvalue weighted by molar-refractivity contribution is -0.287. The largest absolute Gasteiger partial charge is 0.394 e. The predicted octanol–water partition coefficient (Wildman–Crippen LogP) is -3.58. The number of fused-ring (bicyclic) bond motifs is 1. The minimum absolute atomic E-state index is 0.129. The van der Waals surface area contributed by atoms with Gasteiger partial charge in [-0.25, -0.2) is 4.98 Å². The summed E-state index contributed by atoms with van der Waals surface area (Å²) >= 11 is 0. The Labute approximate surface area is 116 Å². The van der Waals surface area contributed by atoms with E-state index in [4.69, 9.17) is 15.6 Å². The van der Waals surface area contributed by atoms with Crippen LogP contribution in [0.5, 0.6) is 0 Å². The fraction of sp³-hybridized carbons (Fsp3) is 0.500. The van der Waals surface area contributed by atoms with E-state index in [9.17, 15) is 20.1 Å². The Bertz CT molecular complexity index is 743. The number of nitrogens with one attached hydrogen (secondary N) is 1. The van der Waals surface area contributed by atoms with Gasteiger partial charge in [-0.05, 0) is 0 Å². The SMILES string of the molecule is Nc1nc2c(ncn2[C@]2(O)O[C@H](CO)[C@@H](O)[C@H]2O)c(=O)[nH]1. The van der Waals surface area contributed by atoms with Crippen molar-refractivity contribution in [2.75, 3.05) is 12.3 Å². The topological polar surface area (TPSA) is 180 Å². The van der Waals surface area contributed by atoms with Gasteiger partial charge in [-0.1, -0.05) is 0 Å². The molecule has 0 aromatic carbocycles. The van der Waals surface area contributed by atoms with Crippen molar-refractivity contribution in [1.82, 2.24) is 19.5 Å².